The van der Waals surface area contributed by atoms with Crippen LogP contribution in [-0.4, -0.2) is 55.1 Å². The van der Waals surface area contributed by atoms with Crippen LogP contribution in [0.1, 0.15) is 49.7 Å². The minimum atomic E-state index is -1.18. The van der Waals surface area contributed by atoms with Gasteiger partial charge in [-0.15, -0.1) is 0 Å². The number of carboxylic acid groups (broad SMARTS) is 1. The van der Waals surface area contributed by atoms with Crippen molar-refractivity contribution < 1.29 is 24.6 Å². The molecule has 1 aliphatic rings. The summed E-state index contributed by atoms with van der Waals surface area (Å²) < 4.78 is 2.47. The molecule has 0 atom stereocenters. The van der Waals surface area contributed by atoms with Crippen LogP contribution in [-0.2, 0) is 16.2 Å². The van der Waals surface area contributed by atoms with Crippen LogP contribution in [0.4, 0.5) is 0 Å². The van der Waals surface area contributed by atoms with Gasteiger partial charge in [0.25, 0.3) is 11.5 Å². The highest BCUT2D eigenvalue weighted by Crippen LogP contribution is 2.23. The molecule has 1 saturated carbocycles. The monoisotopic (exact) mass is 405 g/mol. The average molecular weight is 405 g/mol. The number of rotatable bonds is 7. The zero-order valence-electron chi connectivity index (χ0n) is 16.4. The van der Waals surface area contributed by atoms with E-state index in [2.05, 4.69) is 20.4 Å². The standard InChI is InChI=1S/C18H23N5O6/c1-18(2,3)9-22-12-6-11(7-19-29-8-13(24)25)21-23(12)17(28)14(16(22)27)15(26)20-10-4-5-10/h6-7,10,28H,4-5,8-9H2,1-3H3,(H,20,26)(H,24,25). The quantitative estimate of drug-likeness (QED) is 0.451. The Morgan fingerprint density at radius 2 is 2.10 bits per heavy atom. The van der Waals surface area contributed by atoms with Crippen molar-refractivity contribution in [3.05, 3.63) is 27.7 Å². The zero-order chi connectivity index (χ0) is 21.3. The molecule has 2 aromatic rings. The Balaban J connectivity index is 2.08. The van der Waals surface area contributed by atoms with Crippen molar-refractivity contribution in [3.8, 4) is 5.88 Å². The molecule has 0 unspecified atom stereocenters. The molecule has 3 rings (SSSR count). The lowest BCUT2D eigenvalue weighted by molar-refractivity contribution is -0.142. The van der Waals surface area contributed by atoms with Gasteiger partial charge in [-0.1, -0.05) is 25.9 Å². The Morgan fingerprint density at radius 1 is 1.41 bits per heavy atom. The second-order valence-electron chi connectivity index (χ2n) is 8.14. The number of aromatic nitrogens is 3. The predicted octanol–water partition coefficient (Wildman–Crippen LogP) is 0.575. The van der Waals surface area contributed by atoms with Gasteiger partial charge in [-0.2, -0.15) is 9.61 Å². The molecule has 1 fully saturated rings. The van der Waals surface area contributed by atoms with E-state index in [1.165, 1.54) is 10.6 Å². The summed E-state index contributed by atoms with van der Waals surface area (Å²) in [5.41, 5.74) is -0.803. The predicted molar refractivity (Wildman–Crippen MR) is 102 cm³/mol. The van der Waals surface area contributed by atoms with Crippen LogP contribution >= 0.6 is 0 Å². The first-order valence-corrected chi connectivity index (χ1v) is 9.10. The summed E-state index contributed by atoms with van der Waals surface area (Å²) in [6.07, 6.45) is 2.83. The molecule has 29 heavy (non-hydrogen) atoms. The minimum Gasteiger partial charge on any atom is -0.492 e. The van der Waals surface area contributed by atoms with Gasteiger partial charge in [0, 0.05) is 18.7 Å². The first-order chi connectivity index (χ1) is 13.6. The van der Waals surface area contributed by atoms with Gasteiger partial charge in [0.1, 0.15) is 11.3 Å². The van der Waals surface area contributed by atoms with Crippen LogP contribution in [0.3, 0.4) is 0 Å². The number of amides is 1. The number of aromatic hydroxyl groups is 1. The molecular formula is C18H23N5O6. The summed E-state index contributed by atoms with van der Waals surface area (Å²) in [6, 6.07) is 1.50. The van der Waals surface area contributed by atoms with Gasteiger partial charge in [-0.3, -0.25) is 14.2 Å². The maximum atomic E-state index is 13.0. The van der Waals surface area contributed by atoms with Crippen LogP contribution in [0.25, 0.3) is 5.65 Å². The fourth-order valence-corrected chi connectivity index (χ4v) is 2.74. The Bertz CT molecular complexity index is 1040. The zero-order valence-corrected chi connectivity index (χ0v) is 16.4. The summed E-state index contributed by atoms with van der Waals surface area (Å²) in [5, 5.41) is 29.5. The molecule has 2 aromatic heterocycles. The number of hydrogen-bond donors (Lipinski definition) is 3. The van der Waals surface area contributed by atoms with Crippen molar-refractivity contribution in [3.63, 3.8) is 0 Å². The van der Waals surface area contributed by atoms with E-state index < -0.39 is 29.9 Å². The molecule has 1 aliphatic carbocycles. The van der Waals surface area contributed by atoms with Gasteiger partial charge in [-0.25, -0.2) is 4.79 Å². The number of carboxylic acids is 1. The molecule has 1 amide bonds. The largest absolute Gasteiger partial charge is 0.492 e. The highest BCUT2D eigenvalue weighted by atomic mass is 16.6. The Labute approximate surface area is 165 Å². The van der Waals surface area contributed by atoms with E-state index in [4.69, 9.17) is 5.11 Å². The van der Waals surface area contributed by atoms with Crippen LogP contribution in [0.15, 0.2) is 16.0 Å². The SMILES string of the molecule is CC(C)(C)Cn1c(=O)c(C(=O)NC2CC2)c(O)n2nc(C=NOCC(=O)O)cc12. The molecule has 0 spiro atoms. The van der Waals surface area contributed by atoms with Crippen LogP contribution < -0.4 is 10.9 Å². The third-order valence-corrected chi connectivity index (χ3v) is 4.09. The minimum absolute atomic E-state index is 0.0137. The van der Waals surface area contributed by atoms with E-state index in [-0.39, 0.29) is 34.9 Å². The van der Waals surface area contributed by atoms with Gasteiger partial charge in [-0.05, 0) is 18.3 Å². The Hall–Kier alpha value is -3.37. The molecule has 0 bridgehead atoms. The maximum Gasteiger partial charge on any atom is 0.344 e. The van der Waals surface area contributed by atoms with Crippen molar-refractivity contribution in [1.82, 2.24) is 19.5 Å². The molecule has 0 radical (unpaired) electrons. The second kappa shape index (κ2) is 7.57. The lowest BCUT2D eigenvalue weighted by Gasteiger charge is -2.21. The van der Waals surface area contributed by atoms with E-state index in [9.17, 15) is 19.5 Å². The van der Waals surface area contributed by atoms with E-state index >= 15 is 0 Å². The van der Waals surface area contributed by atoms with Crippen molar-refractivity contribution in [1.29, 1.82) is 0 Å². The van der Waals surface area contributed by atoms with E-state index in [1.54, 1.807) is 0 Å². The summed E-state index contributed by atoms with van der Waals surface area (Å²) in [4.78, 5) is 40.7. The normalized spacial score (nSPS) is 14.4. The molecule has 0 saturated heterocycles. The Morgan fingerprint density at radius 3 is 2.69 bits per heavy atom. The van der Waals surface area contributed by atoms with Gasteiger partial charge in [0.2, 0.25) is 12.5 Å². The second-order valence-corrected chi connectivity index (χ2v) is 8.14. The van der Waals surface area contributed by atoms with Crippen LogP contribution in [0.2, 0.25) is 0 Å². The highest BCUT2D eigenvalue weighted by Gasteiger charge is 2.30. The van der Waals surface area contributed by atoms with Crippen molar-refractivity contribution in [2.24, 2.45) is 10.6 Å². The third-order valence-electron chi connectivity index (χ3n) is 4.09. The topological polar surface area (TPSA) is 148 Å². The highest BCUT2D eigenvalue weighted by molar-refractivity contribution is 5.96. The summed E-state index contributed by atoms with van der Waals surface area (Å²) in [5.74, 6) is -2.39. The fourth-order valence-electron chi connectivity index (χ4n) is 2.74. The number of nitrogens with zero attached hydrogens (tertiary/aromatic N) is 4. The van der Waals surface area contributed by atoms with Gasteiger partial charge >= 0.3 is 5.97 Å². The summed E-state index contributed by atoms with van der Waals surface area (Å²) >= 11 is 0. The molecule has 0 aliphatic heterocycles. The molecule has 156 valence electrons. The fraction of sp³-hybridized carbons (Fsp3) is 0.500. The first kappa shape index (κ1) is 20.4. The van der Waals surface area contributed by atoms with Gasteiger partial charge in [0.05, 0.1) is 6.21 Å². The Kier molecular flexibility index (Phi) is 5.31. The smallest absolute Gasteiger partial charge is 0.344 e. The molecule has 2 heterocycles. The van der Waals surface area contributed by atoms with Crippen LogP contribution in [0.5, 0.6) is 5.88 Å². The maximum absolute atomic E-state index is 13.0. The number of carbonyl (C=O) groups is 2. The van der Waals surface area contributed by atoms with Gasteiger partial charge in [0.15, 0.2) is 5.56 Å². The number of aliphatic carboxylic acids is 1. The van der Waals surface area contributed by atoms with Crippen LogP contribution in [0, 0.1) is 5.41 Å². The third kappa shape index (κ3) is 4.73. The number of fused-ring (bicyclic) bond motifs is 1. The van der Waals surface area contributed by atoms with Crippen molar-refractivity contribution in [2.45, 2.75) is 46.2 Å². The lowest BCUT2D eigenvalue weighted by Crippen LogP contribution is -2.37. The van der Waals surface area contributed by atoms with E-state index in [0.29, 0.717) is 0 Å². The molecular weight excluding hydrogens is 382 g/mol. The summed E-state index contributed by atoms with van der Waals surface area (Å²) in [6.45, 7) is 5.47. The summed E-state index contributed by atoms with van der Waals surface area (Å²) in [7, 11) is 0. The van der Waals surface area contributed by atoms with E-state index in [0.717, 1.165) is 23.6 Å². The van der Waals surface area contributed by atoms with Crippen molar-refractivity contribution in [2.75, 3.05) is 6.61 Å². The number of nitrogens with one attached hydrogen (secondary N) is 1. The molecule has 11 heteroatoms. The van der Waals surface area contributed by atoms with Crippen molar-refractivity contribution >= 4 is 23.7 Å². The molecule has 11 nitrogen and oxygen atoms in total. The number of carbonyl (C=O) groups excluding carboxylic acids is 1. The average Bonchev–Trinajstić information content (AvgIpc) is 3.30. The molecule has 0 aromatic carbocycles. The number of hydrogen-bond acceptors (Lipinski definition) is 7. The molecule has 3 N–H and O–H groups in total. The lowest BCUT2D eigenvalue weighted by atomic mass is 9.97. The van der Waals surface area contributed by atoms with E-state index in [1.807, 2.05) is 20.8 Å². The first-order valence-electron chi connectivity index (χ1n) is 9.10. The number of oxime groups is 1. The van der Waals surface area contributed by atoms with Gasteiger partial charge < -0.3 is 20.4 Å².